The molecule has 1 saturated heterocycles. The number of aryl methyl sites for hydroxylation is 1. The summed E-state index contributed by atoms with van der Waals surface area (Å²) in [7, 11) is 0. The minimum absolute atomic E-state index is 0.0161. The van der Waals surface area contributed by atoms with Crippen LogP contribution in [0.3, 0.4) is 0 Å². The predicted octanol–water partition coefficient (Wildman–Crippen LogP) is 3.03. The Balaban J connectivity index is 1.79. The summed E-state index contributed by atoms with van der Waals surface area (Å²) in [6.45, 7) is 6.11. The third kappa shape index (κ3) is 3.20. The van der Waals surface area contributed by atoms with Crippen LogP contribution in [0.5, 0.6) is 5.75 Å². The molecule has 0 aliphatic carbocycles. The van der Waals surface area contributed by atoms with Crippen LogP contribution >= 0.6 is 0 Å². The van der Waals surface area contributed by atoms with E-state index in [1.165, 1.54) is 6.26 Å². The molecule has 1 fully saturated rings. The lowest BCUT2D eigenvalue weighted by Gasteiger charge is -2.44. The minimum Gasteiger partial charge on any atom is -0.493 e. The Bertz CT molecular complexity index is 846. The second-order valence-electron chi connectivity index (χ2n) is 7.22. The Hall–Kier alpha value is -2.76. The SMILES string of the molecule is CCN1C[C@H]2COc3ccc(C)cc3[C@H]2N(C(=O)c2ccco2)CCC1=O. The molecular formula is C21H24N2O4. The number of benzene rings is 1. The second kappa shape index (κ2) is 7.10. The molecule has 2 aromatic rings. The molecule has 0 unspecified atom stereocenters. The molecule has 6 nitrogen and oxygen atoms in total. The number of nitrogens with zero attached hydrogens (tertiary/aromatic N) is 2. The molecule has 2 aliphatic rings. The molecule has 1 aromatic carbocycles. The van der Waals surface area contributed by atoms with E-state index in [2.05, 4.69) is 6.07 Å². The number of hydrogen-bond acceptors (Lipinski definition) is 4. The van der Waals surface area contributed by atoms with E-state index in [1.54, 1.807) is 17.0 Å². The molecule has 0 N–H and O–H groups in total. The van der Waals surface area contributed by atoms with E-state index in [0.29, 0.717) is 38.4 Å². The largest absolute Gasteiger partial charge is 0.493 e. The van der Waals surface area contributed by atoms with E-state index >= 15 is 0 Å². The normalized spacial score (nSPS) is 22.4. The maximum absolute atomic E-state index is 13.2. The van der Waals surface area contributed by atoms with Crippen molar-refractivity contribution in [2.24, 2.45) is 5.92 Å². The highest BCUT2D eigenvalue weighted by atomic mass is 16.5. The molecular weight excluding hydrogens is 344 g/mol. The Morgan fingerprint density at radius 3 is 2.89 bits per heavy atom. The number of furan rings is 1. The van der Waals surface area contributed by atoms with Crippen LogP contribution in [0.25, 0.3) is 0 Å². The van der Waals surface area contributed by atoms with Gasteiger partial charge in [0.15, 0.2) is 5.76 Å². The topological polar surface area (TPSA) is 63.0 Å². The van der Waals surface area contributed by atoms with Crippen LogP contribution in [0.15, 0.2) is 41.0 Å². The third-order valence-electron chi connectivity index (χ3n) is 5.47. The molecule has 0 radical (unpaired) electrons. The van der Waals surface area contributed by atoms with Gasteiger partial charge in [0.2, 0.25) is 5.91 Å². The van der Waals surface area contributed by atoms with Crippen LogP contribution in [0.2, 0.25) is 0 Å². The lowest BCUT2D eigenvalue weighted by molar-refractivity contribution is -0.134. The maximum Gasteiger partial charge on any atom is 0.290 e. The van der Waals surface area contributed by atoms with Crippen LogP contribution in [-0.4, -0.2) is 47.9 Å². The summed E-state index contributed by atoms with van der Waals surface area (Å²) in [6, 6.07) is 9.32. The lowest BCUT2D eigenvalue weighted by atomic mass is 9.86. The molecule has 142 valence electrons. The van der Waals surface area contributed by atoms with Gasteiger partial charge in [0, 0.05) is 37.5 Å². The summed E-state index contributed by atoms with van der Waals surface area (Å²) in [5, 5.41) is 0. The quantitative estimate of drug-likeness (QED) is 0.817. The monoisotopic (exact) mass is 368 g/mol. The van der Waals surface area contributed by atoms with Crippen molar-refractivity contribution in [2.75, 3.05) is 26.2 Å². The van der Waals surface area contributed by atoms with E-state index < -0.39 is 0 Å². The molecule has 0 saturated carbocycles. The molecule has 2 atom stereocenters. The predicted molar refractivity (Wildman–Crippen MR) is 99.5 cm³/mol. The molecule has 27 heavy (non-hydrogen) atoms. The Morgan fingerprint density at radius 2 is 2.15 bits per heavy atom. The van der Waals surface area contributed by atoms with Crippen molar-refractivity contribution in [1.29, 1.82) is 0 Å². The minimum atomic E-state index is -0.179. The summed E-state index contributed by atoms with van der Waals surface area (Å²) in [5.41, 5.74) is 2.13. The Labute approximate surface area is 158 Å². The van der Waals surface area contributed by atoms with Crippen LogP contribution in [0, 0.1) is 12.8 Å². The van der Waals surface area contributed by atoms with Crippen LogP contribution in [-0.2, 0) is 4.79 Å². The third-order valence-corrected chi connectivity index (χ3v) is 5.47. The zero-order valence-electron chi connectivity index (χ0n) is 15.7. The van der Waals surface area contributed by atoms with Gasteiger partial charge in [-0.1, -0.05) is 17.7 Å². The highest BCUT2D eigenvalue weighted by Crippen LogP contribution is 2.41. The molecule has 2 amide bonds. The van der Waals surface area contributed by atoms with Gasteiger partial charge in [-0.15, -0.1) is 0 Å². The molecule has 3 heterocycles. The van der Waals surface area contributed by atoms with Crippen molar-refractivity contribution in [2.45, 2.75) is 26.3 Å². The standard InChI is InChI=1S/C21H24N2O4/c1-3-22-12-15-13-27-17-7-6-14(2)11-16(17)20(15)23(9-8-19(22)24)21(25)18-5-4-10-26-18/h4-7,10-11,15,20H,3,8-9,12-13H2,1-2H3/t15-,20-/m0/s1. The fourth-order valence-electron chi connectivity index (χ4n) is 4.12. The van der Waals surface area contributed by atoms with Gasteiger partial charge in [-0.25, -0.2) is 0 Å². The van der Waals surface area contributed by atoms with Crippen molar-refractivity contribution in [1.82, 2.24) is 9.80 Å². The summed E-state index contributed by atoms with van der Waals surface area (Å²) in [4.78, 5) is 29.4. The summed E-state index contributed by atoms with van der Waals surface area (Å²) in [6.07, 6.45) is 1.81. The van der Waals surface area contributed by atoms with Gasteiger partial charge in [0.1, 0.15) is 5.75 Å². The molecule has 4 rings (SSSR count). The average Bonchev–Trinajstić information content (AvgIpc) is 3.19. The zero-order valence-corrected chi connectivity index (χ0v) is 15.7. The van der Waals surface area contributed by atoms with Gasteiger partial charge < -0.3 is 19.0 Å². The number of hydrogen-bond donors (Lipinski definition) is 0. The highest BCUT2D eigenvalue weighted by molar-refractivity contribution is 5.92. The van der Waals surface area contributed by atoms with Gasteiger partial charge >= 0.3 is 0 Å². The molecule has 0 bridgehead atoms. The van der Waals surface area contributed by atoms with E-state index in [4.69, 9.17) is 9.15 Å². The van der Waals surface area contributed by atoms with Gasteiger partial charge in [-0.05, 0) is 32.0 Å². The van der Waals surface area contributed by atoms with Crippen molar-refractivity contribution in [3.8, 4) is 5.75 Å². The van der Waals surface area contributed by atoms with Crippen LogP contribution in [0.1, 0.15) is 41.1 Å². The summed E-state index contributed by atoms with van der Waals surface area (Å²) >= 11 is 0. The van der Waals surface area contributed by atoms with Crippen molar-refractivity contribution >= 4 is 11.8 Å². The first-order chi connectivity index (χ1) is 13.1. The zero-order chi connectivity index (χ0) is 19.0. The fraction of sp³-hybridized carbons (Fsp3) is 0.429. The first-order valence-corrected chi connectivity index (χ1v) is 9.44. The van der Waals surface area contributed by atoms with E-state index in [1.807, 2.05) is 30.9 Å². The Morgan fingerprint density at radius 1 is 1.30 bits per heavy atom. The van der Waals surface area contributed by atoms with Crippen molar-refractivity contribution < 1.29 is 18.7 Å². The van der Waals surface area contributed by atoms with E-state index in [9.17, 15) is 9.59 Å². The van der Waals surface area contributed by atoms with Crippen LogP contribution < -0.4 is 4.74 Å². The highest BCUT2D eigenvalue weighted by Gasteiger charge is 2.41. The number of amides is 2. The summed E-state index contributed by atoms with van der Waals surface area (Å²) in [5.74, 6) is 1.02. The maximum atomic E-state index is 13.2. The van der Waals surface area contributed by atoms with Gasteiger partial charge in [-0.2, -0.15) is 0 Å². The van der Waals surface area contributed by atoms with Crippen molar-refractivity contribution in [3.63, 3.8) is 0 Å². The van der Waals surface area contributed by atoms with Crippen molar-refractivity contribution in [3.05, 3.63) is 53.5 Å². The Kier molecular flexibility index (Phi) is 4.64. The smallest absolute Gasteiger partial charge is 0.290 e. The number of ether oxygens (including phenoxy) is 1. The van der Waals surface area contributed by atoms with Gasteiger partial charge in [0.05, 0.1) is 18.9 Å². The number of fused-ring (bicyclic) bond motifs is 3. The molecule has 1 aromatic heterocycles. The number of rotatable bonds is 2. The molecule has 2 aliphatic heterocycles. The average molecular weight is 368 g/mol. The number of carbonyl (C=O) groups excluding carboxylic acids is 2. The fourth-order valence-corrected chi connectivity index (χ4v) is 4.12. The van der Waals surface area contributed by atoms with Crippen LogP contribution in [0.4, 0.5) is 0 Å². The van der Waals surface area contributed by atoms with E-state index in [-0.39, 0.29) is 23.8 Å². The van der Waals surface area contributed by atoms with Gasteiger partial charge in [0.25, 0.3) is 5.91 Å². The first kappa shape index (κ1) is 17.6. The number of carbonyl (C=O) groups is 2. The molecule has 0 spiro atoms. The molecule has 6 heteroatoms. The summed E-state index contributed by atoms with van der Waals surface area (Å²) < 4.78 is 11.4. The first-order valence-electron chi connectivity index (χ1n) is 9.44. The van der Waals surface area contributed by atoms with Gasteiger partial charge in [-0.3, -0.25) is 9.59 Å². The second-order valence-corrected chi connectivity index (χ2v) is 7.22. The van der Waals surface area contributed by atoms with E-state index in [0.717, 1.165) is 16.9 Å². The lowest BCUT2D eigenvalue weighted by Crippen LogP contribution is -2.51.